The maximum atomic E-state index is 8.51. The van der Waals surface area contributed by atoms with Gasteiger partial charge in [0.15, 0.2) is 0 Å². The lowest BCUT2D eigenvalue weighted by atomic mass is 10.2. The average molecular weight is 219 g/mol. The monoisotopic (exact) mass is 219 g/mol. The van der Waals surface area contributed by atoms with Crippen molar-refractivity contribution >= 4 is 0 Å². The molecule has 0 amide bonds. The molecule has 0 aliphatic rings. The Hall–Kier alpha value is -0.120. The van der Waals surface area contributed by atoms with Crippen molar-refractivity contribution in [2.24, 2.45) is 0 Å². The minimum Gasteiger partial charge on any atom is -0.394 e. The molecule has 0 atom stereocenters. The van der Waals surface area contributed by atoms with Crippen LogP contribution in [0.25, 0.3) is 0 Å². The van der Waals surface area contributed by atoms with Gasteiger partial charge in [-0.15, -0.1) is 0 Å². The van der Waals surface area contributed by atoms with Crippen molar-refractivity contribution in [1.82, 2.24) is 4.90 Å². The molecule has 0 saturated heterocycles. The van der Waals surface area contributed by atoms with Gasteiger partial charge in [-0.1, -0.05) is 13.8 Å². The third-order valence-electron chi connectivity index (χ3n) is 2.06. The smallest absolute Gasteiger partial charge is 0.0698 e. The fraction of sp³-hybridized carbons (Fsp3) is 1.00. The fourth-order valence-electron chi connectivity index (χ4n) is 1.45. The highest BCUT2D eigenvalue weighted by Gasteiger charge is 2.11. The summed E-state index contributed by atoms with van der Waals surface area (Å²) in [6, 6.07) is 1.11. The summed E-state index contributed by atoms with van der Waals surface area (Å²) in [5.41, 5.74) is 0. The second-order valence-corrected chi connectivity index (χ2v) is 3.76. The van der Waals surface area contributed by atoms with Crippen molar-refractivity contribution in [2.45, 2.75) is 53.6 Å². The van der Waals surface area contributed by atoms with Crippen LogP contribution < -0.4 is 0 Å². The Bertz CT molecular complexity index is 108. The molecule has 0 saturated carbocycles. The molecule has 94 valence electrons. The second-order valence-electron chi connectivity index (χ2n) is 3.76. The third-order valence-corrected chi connectivity index (χ3v) is 2.06. The summed E-state index contributed by atoms with van der Waals surface area (Å²) < 4.78 is 5.22. The van der Waals surface area contributed by atoms with E-state index in [4.69, 9.17) is 9.84 Å². The lowest BCUT2D eigenvalue weighted by Gasteiger charge is -2.30. The van der Waals surface area contributed by atoms with Crippen molar-refractivity contribution in [3.05, 3.63) is 0 Å². The van der Waals surface area contributed by atoms with Crippen molar-refractivity contribution in [1.29, 1.82) is 0 Å². The SMILES string of the molecule is CC.CC(C)N(CCOCCO)C(C)C. The number of ether oxygens (including phenoxy) is 1. The van der Waals surface area contributed by atoms with Gasteiger partial charge < -0.3 is 9.84 Å². The van der Waals surface area contributed by atoms with Crippen LogP contribution in [0.5, 0.6) is 0 Å². The summed E-state index contributed by atoms with van der Waals surface area (Å²) in [6.45, 7) is 15.0. The van der Waals surface area contributed by atoms with Gasteiger partial charge in [-0.2, -0.15) is 0 Å². The van der Waals surface area contributed by atoms with Gasteiger partial charge in [0, 0.05) is 18.6 Å². The number of hydrogen-bond acceptors (Lipinski definition) is 3. The molecule has 0 aromatic heterocycles. The maximum Gasteiger partial charge on any atom is 0.0698 e. The Balaban J connectivity index is 0. The molecule has 0 fully saturated rings. The largest absolute Gasteiger partial charge is 0.394 e. The maximum absolute atomic E-state index is 8.51. The minimum absolute atomic E-state index is 0.114. The molecule has 1 N–H and O–H groups in total. The molecular weight excluding hydrogens is 190 g/mol. The quantitative estimate of drug-likeness (QED) is 0.666. The lowest BCUT2D eigenvalue weighted by molar-refractivity contribution is 0.0576. The first-order chi connectivity index (χ1) is 7.09. The summed E-state index contributed by atoms with van der Waals surface area (Å²) in [5, 5.41) is 8.51. The topological polar surface area (TPSA) is 32.7 Å². The zero-order chi connectivity index (χ0) is 12.3. The predicted octanol–water partition coefficient (Wildman–Crippen LogP) is 2.14. The van der Waals surface area contributed by atoms with E-state index in [1.807, 2.05) is 13.8 Å². The first-order valence-corrected chi connectivity index (χ1v) is 6.04. The number of hydrogen-bond donors (Lipinski definition) is 1. The zero-order valence-electron chi connectivity index (χ0n) is 11.3. The Morgan fingerprint density at radius 3 is 1.80 bits per heavy atom. The number of rotatable bonds is 7. The van der Waals surface area contributed by atoms with Crippen LogP contribution in [0, 0.1) is 0 Å². The molecule has 0 aromatic rings. The Morgan fingerprint density at radius 2 is 1.47 bits per heavy atom. The van der Waals surface area contributed by atoms with E-state index in [0.29, 0.717) is 25.3 Å². The van der Waals surface area contributed by atoms with Crippen molar-refractivity contribution in [2.75, 3.05) is 26.4 Å². The second kappa shape index (κ2) is 12.0. The van der Waals surface area contributed by atoms with Crippen LogP contribution in [0.1, 0.15) is 41.5 Å². The summed E-state index contributed by atoms with van der Waals surface area (Å²) in [6.07, 6.45) is 0. The highest BCUT2D eigenvalue weighted by molar-refractivity contribution is 4.66. The average Bonchev–Trinajstić information content (AvgIpc) is 2.19. The van der Waals surface area contributed by atoms with Gasteiger partial charge in [-0.25, -0.2) is 0 Å². The summed E-state index contributed by atoms with van der Waals surface area (Å²) in [7, 11) is 0. The van der Waals surface area contributed by atoms with Crippen LogP contribution >= 0.6 is 0 Å². The molecular formula is C12H29NO2. The van der Waals surface area contributed by atoms with Crippen LogP contribution in [0.2, 0.25) is 0 Å². The normalized spacial score (nSPS) is 10.8. The fourth-order valence-corrected chi connectivity index (χ4v) is 1.45. The molecule has 0 aromatic carbocycles. The number of aliphatic hydroxyl groups is 1. The van der Waals surface area contributed by atoms with E-state index >= 15 is 0 Å². The van der Waals surface area contributed by atoms with Crippen molar-refractivity contribution < 1.29 is 9.84 Å². The van der Waals surface area contributed by atoms with Gasteiger partial charge in [-0.3, -0.25) is 4.90 Å². The van der Waals surface area contributed by atoms with E-state index in [0.717, 1.165) is 6.54 Å². The summed E-state index contributed by atoms with van der Waals surface area (Å²) in [5.74, 6) is 0. The van der Waals surface area contributed by atoms with E-state index in [-0.39, 0.29) is 6.61 Å². The standard InChI is InChI=1S/C10H23NO2.C2H6/c1-9(2)11(10(3)4)5-7-13-8-6-12;1-2/h9-10,12H,5-8H2,1-4H3;1-2H3. The Labute approximate surface area is 95.4 Å². The Kier molecular flexibility index (Phi) is 13.8. The number of nitrogens with zero attached hydrogens (tertiary/aromatic N) is 1. The van der Waals surface area contributed by atoms with Crippen molar-refractivity contribution in [3.8, 4) is 0 Å². The molecule has 0 aliphatic carbocycles. The van der Waals surface area contributed by atoms with E-state index in [1.165, 1.54) is 0 Å². The van der Waals surface area contributed by atoms with Crippen LogP contribution in [0.3, 0.4) is 0 Å². The third kappa shape index (κ3) is 10.2. The molecule has 0 unspecified atom stereocenters. The molecule has 0 heterocycles. The molecule has 15 heavy (non-hydrogen) atoms. The first-order valence-electron chi connectivity index (χ1n) is 6.04. The van der Waals surface area contributed by atoms with E-state index < -0.39 is 0 Å². The molecule has 0 bridgehead atoms. The summed E-state index contributed by atoms with van der Waals surface area (Å²) >= 11 is 0. The van der Waals surface area contributed by atoms with Gasteiger partial charge in [0.05, 0.1) is 19.8 Å². The van der Waals surface area contributed by atoms with Crippen LogP contribution in [-0.2, 0) is 4.74 Å². The van der Waals surface area contributed by atoms with Gasteiger partial charge in [0.25, 0.3) is 0 Å². The van der Waals surface area contributed by atoms with Gasteiger partial charge in [0.2, 0.25) is 0 Å². The van der Waals surface area contributed by atoms with Gasteiger partial charge in [0.1, 0.15) is 0 Å². The van der Waals surface area contributed by atoms with Crippen molar-refractivity contribution in [3.63, 3.8) is 0 Å². The van der Waals surface area contributed by atoms with Gasteiger partial charge >= 0.3 is 0 Å². The lowest BCUT2D eigenvalue weighted by Crippen LogP contribution is -2.39. The molecule has 0 radical (unpaired) electrons. The summed E-state index contributed by atoms with van der Waals surface area (Å²) in [4.78, 5) is 2.37. The zero-order valence-corrected chi connectivity index (χ0v) is 11.3. The predicted molar refractivity (Wildman–Crippen MR) is 66.2 cm³/mol. The molecule has 0 aliphatic heterocycles. The highest BCUT2D eigenvalue weighted by atomic mass is 16.5. The van der Waals surface area contributed by atoms with Crippen LogP contribution in [-0.4, -0.2) is 48.5 Å². The minimum atomic E-state index is 0.114. The van der Waals surface area contributed by atoms with E-state index in [9.17, 15) is 0 Å². The molecule has 0 spiro atoms. The highest BCUT2D eigenvalue weighted by Crippen LogP contribution is 2.03. The van der Waals surface area contributed by atoms with Gasteiger partial charge in [-0.05, 0) is 27.7 Å². The molecule has 3 heteroatoms. The van der Waals surface area contributed by atoms with E-state index in [2.05, 4.69) is 32.6 Å². The van der Waals surface area contributed by atoms with Crippen LogP contribution in [0.15, 0.2) is 0 Å². The molecule has 0 rings (SSSR count). The van der Waals surface area contributed by atoms with E-state index in [1.54, 1.807) is 0 Å². The first kappa shape index (κ1) is 17.3. The number of aliphatic hydroxyl groups excluding tert-OH is 1. The molecule has 3 nitrogen and oxygen atoms in total. The van der Waals surface area contributed by atoms with Crippen LogP contribution in [0.4, 0.5) is 0 Å². The Morgan fingerprint density at radius 1 is 1.00 bits per heavy atom.